The predicted octanol–water partition coefficient (Wildman–Crippen LogP) is 1.95. The first-order valence-corrected chi connectivity index (χ1v) is 5.86. The summed E-state index contributed by atoms with van der Waals surface area (Å²) >= 11 is 0. The summed E-state index contributed by atoms with van der Waals surface area (Å²) in [6.07, 6.45) is 5.67. The average molecular weight is 203 g/mol. The summed E-state index contributed by atoms with van der Waals surface area (Å²) in [5.74, 6) is 1.43. The highest BCUT2D eigenvalue weighted by atomic mass is 15.0. The molecule has 15 heavy (non-hydrogen) atoms. The second-order valence-corrected chi connectivity index (χ2v) is 4.98. The van der Waals surface area contributed by atoms with Gasteiger partial charge in [-0.2, -0.15) is 0 Å². The van der Waals surface area contributed by atoms with Crippen LogP contribution in [0.15, 0.2) is 6.20 Å². The Bertz CT molecular complexity index is 386. The van der Waals surface area contributed by atoms with Gasteiger partial charge in [-0.15, -0.1) is 0 Å². The lowest BCUT2D eigenvalue weighted by molar-refractivity contribution is 0.500. The van der Waals surface area contributed by atoms with E-state index in [9.17, 15) is 0 Å². The molecule has 2 aliphatic heterocycles. The average Bonchev–Trinajstić information content (AvgIpc) is 2.60. The first-order valence-electron chi connectivity index (χ1n) is 5.86. The molecular weight excluding hydrogens is 186 g/mol. The van der Waals surface area contributed by atoms with Crippen molar-refractivity contribution in [1.82, 2.24) is 15.3 Å². The third-order valence-electron chi connectivity index (χ3n) is 3.49. The minimum absolute atomic E-state index is 0.433. The van der Waals surface area contributed by atoms with E-state index in [1.54, 1.807) is 0 Å². The van der Waals surface area contributed by atoms with Crippen LogP contribution < -0.4 is 5.32 Å². The fraction of sp³-hybridized carbons (Fsp3) is 0.667. The second kappa shape index (κ2) is 3.27. The maximum atomic E-state index is 4.70. The predicted molar refractivity (Wildman–Crippen MR) is 58.7 cm³/mol. The van der Waals surface area contributed by atoms with E-state index in [4.69, 9.17) is 4.98 Å². The van der Waals surface area contributed by atoms with Crippen LogP contribution in [-0.4, -0.2) is 16.0 Å². The normalized spacial score (nSPS) is 28.2. The summed E-state index contributed by atoms with van der Waals surface area (Å²) in [6, 6.07) is 1.19. The van der Waals surface area contributed by atoms with E-state index in [1.165, 1.54) is 24.1 Å². The van der Waals surface area contributed by atoms with Crippen molar-refractivity contribution in [1.29, 1.82) is 0 Å². The highest BCUT2D eigenvalue weighted by molar-refractivity contribution is 5.28. The Kier molecular flexibility index (Phi) is 2.02. The number of nitrogens with zero attached hydrogens (tertiary/aromatic N) is 2. The molecule has 3 heteroatoms. The molecule has 0 saturated carbocycles. The molecule has 80 valence electrons. The minimum atomic E-state index is 0.433. The molecule has 2 atom stereocenters. The molecule has 2 aliphatic rings. The Morgan fingerprint density at radius 3 is 3.07 bits per heavy atom. The summed E-state index contributed by atoms with van der Waals surface area (Å²) < 4.78 is 0. The van der Waals surface area contributed by atoms with Crippen molar-refractivity contribution in [3.63, 3.8) is 0 Å². The van der Waals surface area contributed by atoms with E-state index in [1.807, 2.05) is 6.20 Å². The molecule has 0 unspecified atom stereocenters. The van der Waals surface area contributed by atoms with Crippen LogP contribution in [0.3, 0.4) is 0 Å². The fourth-order valence-electron chi connectivity index (χ4n) is 2.63. The maximum Gasteiger partial charge on any atom is 0.131 e. The lowest BCUT2D eigenvalue weighted by Gasteiger charge is -2.23. The van der Waals surface area contributed by atoms with Crippen molar-refractivity contribution in [3.05, 3.63) is 23.3 Å². The minimum Gasteiger partial charge on any atom is -0.307 e. The monoisotopic (exact) mass is 203 g/mol. The molecule has 3 rings (SSSR count). The second-order valence-electron chi connectivity index (χ2n) is 4.98. The third kappa shape index (κ3) is 1.46. The Hall–Kier alpha value is -0.960. The zero-order chi connectivity index (χ0) is 10.4. The number of fused-ring (bicyclic) bond motifs is 4. The Labute approximate surface area is 90.3 Å². The van der Waals surface area contributed by atoms with E-state index in [2.05, 4.69) is 24.1 Å². The molecule has 2 bridgehead atoms. The van der Waals surface area contributed by atoms with Crippen molar-refractivity contribution in [2.24, 2.45) is 0 Å². The molecule has 1 fully saturated rings. The summed E-state index contributed by atoms with van der Waals surface area (Å²) in [7, 11) is 0. The van der Waals surface area contributed by atoms with Crippen molar-refractivity contribution in [2.75, 3.05) is 0 Å². The SMILES string of the molecule is CC(C)c1ncc2c(n1)C[C@@H]1CC[C@@H]2N1. The maximum absolute atomic E-state index is 4.70. The first kappa shape index (κ1) is 9.28. The van der Waals surface area contributed by atoms with Gasteiger partial charge in [-0.05, 0) is 12.8 Å². The highest BCUT2D eigenvalue weighted by Gasteiger charge is 2.33. The highest BCUT2D eigenvalue weighted by Crippen LogP contribution is 2.34. The van der Waals surface area contributed by atoms with Gasteiger partial charge in [0.2, 0.25) is 0 Å². The van der Waals surface area contributed by atoms with E-state index in [0.29, 0.717) is 18.0 Å². The molecule has 1 saturated heterocycles. The molecule has 0 amide bonds. The van der Waals surface area contributed by atoms with Crippen molar-refractivity contribution in [2.45, 2.75) is 51.1 Å². The van der Waals surface area contributed by atoms with E-state index < -0.39 is 0 Å². The molecular formula is C12H17N3. The molecule has 0 aromatic carbocycles. The van der Waals surface area contributed by atoms with Crippen LogP contribution in [0.2, 0.25) is 0 Å². The number of hydrogen-bond donors (Lipinski definition) is 1. The Morgan fingerprint density at radius 2 is 2.27 bits per heavy atom. The van der Waals surface area contributed by atoms with E-state index in [0.717, 1.165) is 12.2 Å². The standard InChI is InChI=1S/C12H17N3/c1-7(2)12-13-6-9-10-4-3-8(14-10)5-11(9)15-12/h6-8,10,14H,3-5H2,1-2H3/t8-,10-/m0/s1. The molecule has 0 spiro atoms. The molecule has 1 aromatic rings. The molecule has 0 aliphatic carbocycles. The van der Waals surface area contributed by atoms with Gasteiger partial charge in [-0.1, -0.05) is 13.8 Å². The van der Waals surface area contributed by atoms with Crippen LogP contribution in [0.25, 0.3) is 0 Å². The fourth-order valence-corrected chi connectivity index (χ4v) is 2.63. The van der Waals surface area contributed by atoms with Crippen LogP contribution in [-0.2, 0) is 6.42 Å². The van der Waals surface area contributed by atoms with Crippen LogP contribution in [0, 0.1) is 0 Å². The summed E-state index contributed by atoms with van der Waals surface area (Å²) in [4.78, 5) is 9.16. The van der Waals surface area contributed by atoms with Gasteiger partial charge in [0.05, 0.1) is 5.69 Å². The summed E-state index contributed by atoms with van der Waals surface area (Å²) in [6.45, 7) is 4.30. The van der Waals surface area contributed by atoms with Crippen LogP contribution in [0.4, 0.5) is 0 Å². The van der Waals surface area contributed by atoms with E-state index in [-0.39, 0.29) is 0 Å². The third-order valence-corrected chi connectivity index (χ3v) is 3.49. The summed E-state index contributed by atoms with van der Waals surface area (Å²) in [5.41, 5.74) is 2.63. The smallest absolute Gasteiger partial charge is 0.131 e. The van der Waals surface area contributed by atoms with Gasteiger partial charge in [0.25, 0.3) is 0 Å². The Morgan fingerprint density at radius 1 is 1.40 bits per heavy atom. The van der Waals surface area contributed by atoms with Gasteiger partial charge in [-0.3, -0.25) is 0 Å². The number of rotatable bonds is 1. The number of hydrogen-bond acceptors (Lipinski definition) is 3. The van der Waals surface area contributed by atoms with Gasteiger partial charge in [0, 0.05) is 36.2 Å². The van der Waals surface area contributed by atoms with Crippen LogP contribution >= 0.6 is 0 Å². The van der Waals surface area contributed by atoms with Crippen molar-refractivity contribution >= 4 is 0 Å². The molecule has 1 N–H and O–H groups in total. The lowest BCUT2D eigenvalue weighted by Crippen LogP contribution is -2.32. The van der Waals surface area contributed by atoms with E-state index >= 15 is 0 Å². The van der Waals surface area contributed by atoms with Crippen molar-refractivity contribution < 1.29 is 0 Å². The molecule has 3 heterocycles. The van der Waals surface area contributed by atoms with Gasteiger partial charge in [0.1, 0.15) is 5.82 Å². The lowest BCUT2D eigenvalue weighted by atomic mass is 10.0. The Balaban J connectivity index is 2.03. The largest absolute Gasteiger partial charge is 0.307 e. The molecule has 1 aromatic heterocycles. The number of nitrogens with one attached hydrogen (secondary N) is 1. The first-order chi connectivity index (χ1) is 7.24. The van der Waals surface area contributed by atoms with Crippen LogP contribution in [0.1, 0.15) is 55.7 Å². The number of aromatic nitrogens is 2. The topological polar surface area (TPSA) is 37.8 Å². The van der Waals surface area contributed by atoms with Gasteiger partial charge < -0.3 is 5.32 Å². The molecule has 0 radical (unpaired) electrons. The van der Waals surface area contributed by atoms with Gasteiger partial charge in [-0.25, -0.2) is 9.97 Å². The zero-order valence-electron chi connectivity index (χ0n) is 9.33. The van der Waals surface area contributed by atoms with Crippen LogP contribution in [0.5, 0.6) is 0 Å². The van der Waals surface area contributed by atoms with Gasteiger partial charge in [0.15, 0.2) is 0 Å². The summed E-state index contributed by atoms with van der Waals surface area (Å²) in [5, 5.41) is 3.62. The van der Waals surface area contributed by atoms with Crippen molar-refractivity contribution in [3.8, 4) is 0 Å². The quantitative estimate of drug-likeness (QED) is 0.758. The molecule has 3 nitrogen and oxygen atoms in total. The van der Waals surface area contributed by atoms with Gasteiger partial charge >= 0.3 is 0 Å². The zero-order valence-corrected chi connectivity index (χ0v) is 9.33.